The molecule has 1 heterocycles. The van der Waals surface area contributed by atoms with Gasteiger partial charge in [0.15, 0.2) is 0 Å². The monoisotopic (exact) mass is 408 g/mol. The molecule has 8 heteroatoms. The van der Waals surface area contributed by atoms with Gasteiger partial charge in [0.1, 0.15) is 15.7 Å². The summed E-state index contributed by atoms with van der Waals surface area (Å²) in [4.78, 5) is 5.72. The summed E-state index contributed by atoms with van der Waals surface area (Å²) in [5.74, 6) is 0.625. The quantitative estimate of drug-likeness (QED) is 0.540. The van der Waals surface area contributed by atoms with Gasteiger partial charge in [-0.15, -0.1) is 0 Å². The highest BCUT2D eigenvalue weighted by Gasteiger charge is 2.20. The molecule has 0 radical (unpaired) electrons. The van der Waals surface area contributed by atoms with Crippen LogP contribution in [0.1, 0.15) is 44.2 Å². The summed E-state index contributed by atoms with van der Waals surface area (Å²) >= 11 is 13.1. The summed E-state index contributed by atoms with van der Waals surface area (Å²) < 4.78 is 7.19. The Morgan fingerprint density at radius 2 is 2.19 bits per heavy atom. The second kappa shape index (κ2) is 8.76. The highest BCUT2D eigenvalue weighted by Crippen LogP contribution is 2.25. The molecule has 1 aromatic heterocycles. The van der Waals surface area contributed by atoms with Gasteiger partial charge >= 0.3 is 0 Å². The molecule has 2 rings (SSSR count). The minimum atomic E-state index is -0.0925. The van der Waals surface area contributed by atoms with E-state index in [0.717, 1.165) is 5.01 Å². The molecule has 0 atom stereocenters. The summed E-state index contributed by atoms with van der Waals surface area (Å²) in [7, 11) is 1.59. The van der Waals surface area contributed by atoms with E-state index in [2.05, 4.69) is 36.9 Å². The smallest absolute Gasteiger partial charge is 0.209 e. The summed E-state index contributed by atoms with van der Waals surface area (Å²) in [6.45, 7) is 6.93. The van der Waals surface area contributed by atoms with Gasteiger partial charge in [-0.05, 0) is 24.6 Å². The Balaban J connectivity index is 2.48. The van der Waals surface area contributed by atoms with E-state index in [-0.39, 0.29) is 5.41 Å². The summed E-state index contributed by atoms with van der Waals surface area (Å²) in [6.07, 6.45) is 1.19. The van der Waals surface area contributed by atoms with Gasteiger partial charge in [0.25, 0.3) is 0 Å². The van der Waals surface area contributed by atoms with Gasteiger partial charge in [-0.1, -0.05) is 55.9 Å². The molecule has 0 fully saturated rings. The lowest BCUT2D eigenvalue weighted by Crippen LogP contribution is -2.19. The minimum absolute atomic E-state index is 0.0925. The molecule has 0 bridgehead atoms. The fourth-order valence-electron chi connectivity index (χ4n) is 2.14. The Bertz CT molecular complexity index is 903. The van der Waals surface area contributed by atoms with E-state index >= 15 is 0 Å². The molecule has 0 aliphatic carbocycles. The van der Waals surface area contributed by atoms with Crippen LogP contribution in [0.4, 0.5) is 0 Å². The topological polar surface area (TPSA) is 63.2 Å². The molecule has 0 aliphatic heterocycles. The summed E-state index contributed by atoms with van der Waals surface area (Å²) in [6, 6.07) is 7.43. The predicted molar refractivity (Wildman–Crippen MR) is 109 cm³/mol. The Morgan fingerprint density at radius 3 is 2.81 bits per heavy atom. The largest absolute Gasteiger partial charge is 0.496 e. The highest BCUT2D eigenvalue weighted by molar-refractivity contribution is 7.80. The Morgan fingerprint density at radius 1 is 1.46 bits per heavy atom. The number of thiocarbonyl (C=S) groups is 1. The van der Waals surface area contributed by atoms with Gasteiger partial charge in [0, 0.05) is 23.4 Å². The maximum atomic E-state index is 8.78. The number of aromatic nitrogens is 2. The van der Waals surface area contributed by atoms with Crippen molar-refractivity contribution >= 4 is 40.1 Å². The Hall–Kier alpha value is -1.75. The van der Waals surface area contributed by atoms with Gasteiger partial charge in [-0.25, -0.2) is 9.67 Å². The molecule has 1 aromatic carbocycles. The number of aryl methyl sites for hydroxylation is 1. The average molecular weight is 409 g/mol. The van der Waals surface area contributed by atoms with Crippen molar-refractivity contribution in [2.45, 2.75) is 45.6 Å². The number of nitriles is 1. The number of benzene rings is 1. The van der Waals surface area contributed by atoms with Crippen molar-refractivity contribution in [1.82, 2.24) is 9.78 Å². The Labute approximate surface area is 167 Å². The van der Waals surface area contributed by atoms with Crippen LogP contribution >= 0.6 is 35.2 Å². The van der Waals surface area contributed by atoms with E-state index in [1.54, 1.807) is 25.3 Å². The number of nitrogens with zero attached hydrogens (tertiary/aromatic N) is 4. The molecular weight excluding hydrogens is 388 g/mol. The van der Waals surface area contributed by atoms with E-state index in [0.29, 0.717) is 45.5 Å². The number of hydrogen-bond acceptors (Lipinski definition) is 5. The van der Waals surface area contributed by atoms with Crippen LogP contribution in [0.2, 0.25) is 5.02 Å². The molecule has 0 spiro atoms. The van der Waals surface area contributed by atoms with Gasteiger partial charge < -0.3 is 4.74 Å². The van der Waals surface area contributed by atoms with Crippen molar-refractivity contribution in [3.05, 3.63) is 38.6 Å². The lowest BCUT2D eigenvalue weighted by atomic mass is 9.98. The van der Waals surface area contributed by atoms with E-state index in [4.69, 9.17) is 33.8 Å². The molecule has 138 valence electrons. The predicted octanol–water partition coefficient (Wildman–Crippen LogP) is 4.48. The van der Waals surface area contributed by atoms with Crippen LogP contribution in [0.5, 0.6) is 5.75 Å². The fraction of sp³-hybridized carbons (Fsp3) is 0.444. The molecule has 0 amide bonds. The number of halogens is 1. The molecule has 0 aliphatic rings. The molecule has 0 saturated heterocycles. The van der Waals surface area contributed by atoms with Crippen LogP contribution in [0.15, 0.2) is 23.2 Å². The summed E-state index contributed by atoms with van der Waals surface area (Å²) in [5, 5.41) is 15.0. The van der Waals surface area contributed by atoms with E-state index in [1.807, 2.05) is 4.68 Å². The third-order valence-electron chi connectivity index (χ3n) is 3.51. The van der Waals surface area contributed by atoms with E-state index in [9.17, 15) is 0 Å². The molecular formula is C18H21ClN4OS2. The van der Waals surface area contributed by atoms with Crippen LogP contribution < -0.4 is 9.54 Å². The van der Waals surface area contributed by atoms with Crippen molar-refractivity contribution in [3.8, 4) is 11.8 Å². The summed E-state index contributed by atoms with van der Waals surface area (Å²) in [5.41, 5.74) is 0.578. The van der Waals surface area contributed by atoms with Crippen LogP contribution in [0, 0.1) is 11.3 Å². The normalized spacial score (nSPS) is 12.1. The van der Waals surface area contributed by atoms with Crippen LogP contribution in [-0.2, 0) is 12.0 Å². The zero-order valence-electron chi connectivity index (χ0n) is 15.2. The van der Waals surface area contributed by atoms with Crippen molar-refractivity contribution in [1.29, 1.82) is 5.26 Å². The van der Waals surface area contributed by atoms with Crippen LogP contribution in [0.25, 0.3) is 0 Å². The van der Waals surface area contributed by atoms with Crippen molar-refractivity contribution in [2.75, 3.05) is 7.11 Å². The third kappa shape index (κ3) is 5.13. The maximum absolute atomic E-state index is 8.78. The molecule has 0 saturated carbocycles. The number of rotatable bonds is 5. The van der Waals surface area contributed by atoms with Gasteiger partial charge in [0.05, 0.1) is 18.7 Å². The first-order valence-electron chi connectivity index (χ1n) is 8.14. The van der Waals surface area contributed by atoms with Crippen LogP contribution in [-0.4, -0.2) is 21.9 Å². The van der Waals surface area contributed by atoms with Crippen molar-refractivity contribution in [2.24, 2.45) is 4.99 Å². The van der Waals surface area contributed by atoms with Crippen molar-refractivity contribution in [3.63, 3.8) is 0 Å². The lowest BCUT2D eigenvalue weighted by Gasteiger charge is -2.12. The minimum Gasteiger partial charge on any atom is -0.496 e. The molecule has 5 nitrogen and oxygen atoms in total. The molecule has 0 unspecified atom stereocenters. The van der Waals surface area contributed by atoms with Crippen molar-refractivity contribution < 1.29 is 4.74 Å². The highest BCUT2D eigenvalue weighted by atomic mass is 35.5. The third-order valence-corrected chi connectivity index (χ3v) is 5.43. The van der Waals surface area contributed by atoms with Gasteiger partial charge in [-0.2, -0.15) is 10.4 Å². The average Bonchev–Trinajstić information content (AvgIpc) is 2.98. The number of ether oxygens (including phenoxy) is 1. The molecule has 2 aromatic rings. The van der Waals surface area contributed by atoms with Gasteiger partial charge in [-0.3, -0.25) is 0 Å². The first kappa shape index (κ1) is 20.6. The number of unbranched alkanes of at least 4 members (excludes halogenated alkanes) is 1. The lowest BCUT2D eigenvalue weighted by molar-refractivity contribution is 0.414. The second-order valence-electron chi connectivity index (χ2n) is 6.69. The Kier molecular flexibility index (Phi) is 6.93. The molecule has 26 heavy (non-hydrogen) atoms. The SMILES string of the molecule is COc1ccc(Cl)cc1C(=S)N=c1sc(C(C)(C)C)nn1CCCC#N. The number of methoxy groups -OCH3 is 1. The number of hydrogen-bond donors (Lipinski definition) is 0. The standard InChI is InChI=1S/C18H21ClN4OS2/c1-18(2,3)16-22-23(10-6-5-9-20)17(26-16)21-15(25)13-11-12(19)7-8-14(13)24-4/h7-8,11H,5-6,10H2,1-4H3. The zero-order valence-corrected chi connectivity index (χ0v) is 17.6. The first-order valence-corrected chi connectivity index (χ1v) is 9.74. The second-order valence-corrected chi connectivity index (χ2v) is 8.47. The first-order chi connectivity index (χ1) is 12.3. The van der Waals surface area contributed by atoms with E-state index < -0.39 is 0 Å². The zero-order chi connectivity index (χ0) is 19.3. The maximum Gasteiger partial charge on any atom is 0.209 e. The van der Waals surface area contributed by atoms with Crippen LogP contribution in [0.3, 0.4) is 0 Å². The molecule has 0 N–H and O–H groups in total. The van der Waals surface area contributed by atoms with E-state index in [1.165, 1.54) is 11.3 Å². The fourth-order valence-corrected chi connectivity index (χ4v) is 3.61. The van der Waals surface area contributed by atoms with Gasteiger partial charge in [0.2, 0.25) is 4.80 Å².